The summed E-state index contributed by atoms with van der Waals surface area (Å²) in [6, 6.07) is 15.0. The summed E-state index contributed by atoms with van der Waals surface area (Å²) < 4.78 is 12.0. The zero-order valence-electron chi connectivity index (χ0n) is 25.5. The molecule has 2 aromatic carbocycles. The number of carbonyl (C=O) groups excluding carboxylic acids is 3. The molecule has 0 spiro atoms. The minimum Gasteiger partial charge on any atom is -0.497 e. The van der Waals surface area contributed by atoms with Crippen LogP contribution in [0.5, 0.6) is 11.5 Å². The molecule has 1 aliphatic carbocycles. The van der Waals surface area contributed by atoms with E-state index < -0.39 is 47.3 Å². The number of aliphatic carboxylic acids is 1. The van der Waals surface area contributed by atoms with E-state index in [1.165, 1.54) is 4.90 Å². The lowest BCUT2D eigenvalue weighted by atomic mass is 10.0. The van der Waals surface area contributed by atoms with Gasteiger partial charge in [0.05, 0.1) is 24.9 Å². The molecule has 1 saturated carbocycles. The Morgan fingerprint density at radius 3 is 2.67 bits per heavy atom. The van der Waals surface area contributed by atoms with Crippen LogP contribution < -0.4 is 20.1 Å². The van der Waals surface area contributed by atoms with E-state index in [9.17, 15) is 24.3 Å². The van der Waals surface area contributed by atoms with E-state index in [-0.39, 0.29) is 25.3 Å². The van der Waals surface area contributed by atoms with Crippen LogP contribution in [0, 0.1) is 5.92 Å². The molecule has 2 radical (unpaired) electrons. The molecule has 236 valence electrons. The number of ether oxygens (including phenoxy) is 2. The van der Waals surface area contributed by atoms with Crippen molar-refractivity contribution in [1.29, 1.82) is 0 Å². The van der Waals surface area contributed by atoms with E-state index in [1.54, 1.807) is 13.2 Å². The first-order chi connectivity index (χ1) is 22.2. The quantitative estimate of drug-likeness (QED) is 0.279. The Balaban J connectivity index is 1.35. The number of hydrogen-bond acceptors (Lipinski definition) is 7. The van der Waals surface area contributed by atoms with Gasteiger partial charge in [0.2, 0.25) is 19.7 Å². The van der Waals surface area contributed by atoms with Gasteiger partial charge in [0, 0.05) is 35.4 Å². The Labute approximate surface area is 267 Å². The highest BCUT2D eigenvalue weighted by Gasteiger charge is 2.61. The lowest BCUT2D eigenvalue weighted by Gasteiger charge is -2.29. The molecule has 1 unspecified atom stereocenters. The maximum atomic E-state index is 14.0. The number of carboxylic acids is 1. The summed E-state index contributed by atoms with van der Waals surface area (Å²) in [6.07, 6.45) is 5.88. The molecule has 1 aromatic heterocycles. The molecule has 0 bridgehead atoms. The number of nitrogens with one attached hydrogen (secondary N) is 2. The number of amides is 3. The van der Waals surface area contributed by atoms with Crippen LogP contribution in [0.4, 0.5) is 4.79 Å². The summed E-state index contributed by atoms with van der Waals surface area (Å²) in [7, 11) is 7.01. The molecule has 3 heterocycles. The summed E-state index contributed by atoms with van der Waals surface area (Å²) in [5.74, 6) is -2.21. The van der Waals surface area contributed by atoms with E-state index >= 15 is 0 Å². The topological polar surface area (TPSA) is 147 Å². The van der Waals surface area contributed by atoms with Gasteiger partial charge >= 0.3 is 5.97 Å². The summed E-state index contributed by atoms with van der Waals surface area (Å²) in [6.45, 7) is 0.0396. The second-order valence-corrected chi connectivity index (χ2v) is 12.1. The van der Waals surface area contributed by atoms with Gasteiger partial charge in [-0.2, -0.15) is 0 Å². The normalized spacial score (nSPS) is 27.0. The number of hydrogen-bond donors (Lipinski definition) is 3. The minimum absolute atomic E-state index is 0.0396. The fourth-order valence-electron chi connectivity index (χ4n) is 6.48. The fraction of sp³-hybridized carbons (Fsp3) is 0.382. The summed E-state index contributed by atoms with van der Waals surface area (Å²) >= 11 is 0. The Bertz CT molecular complexity index is 1700. The van der Waals surface area contributed by atoms with Gasteiger partial charge in [-0.15, -0.1) is 0 Å². The van der Waals surface area contributed by atoms with E-state index in [0.29, 0.717) is 42.0 Å². The van der Waals surface area contributed by atoms with Crippen molar-refractivity contribution in [1.82, 2.24) is 20.5 Å². The number of aromatic nitrogens is 1. The molecule has 2 fully saturated rings. The van der Waals surface area contributed by atoms with Gasteiger partial charge in [-0.05, 0) is 37.8 Å². The first kappa shape index (κ1) is 31.1. The maximum absolute atomic E-state index is 14.0. The zero-order valence-corrected chi connectivity index (χ0v) is 25.5. The molecular weight excluding hydrogens is 587 g/mol. The van der Waals surface area contributed by atoms with E-state index in [1.807, 2.05) is 60.7 Å². The Morgan fingerprint density at radius 2 is 1.93 bits per heavy atom. The zero-order chi connectivity index (χ0) is 32.4. The lowest BCUT2D eigenvalue weighted by molar-refractivity contribution is -0.145. The average molecular weight is 622 g/mol. The highest BCUT2D eigenvalue weighted by Crippen LogP contribution is 2.45. The molecule has 11 nitrogen and oxygen atoms in total. The molecule has 12 heteroatoms. The maximum Gasteiger partial charge on any atom is 0.330 e. The van der Waals surface area contributed by atoms with Crippen molar-refractivity contribution in [3.63, 3.8) is 0 Å². The van der Waals surface area contributed by atoms with Crippen molar-refractivity contribution >= 4 is 42.3 Å². The number of fused-ring (bicyclic) bond motifs is 3. The van der Waals surface area contributed by atoms with Gasteiger partial charge in [0.15, 0.2) is 5.81 Å². The third-order valence-electron chi connectivity index (χ3n) is 9.03. The smallest absolute Gasteiger partial charge is 0.330 e. The van der Waals surface area contributed by atoms with Crippen LogP contribution in [-0.2, 0) is 14.4 Å². The summed E-state index contributed by atoms with van der Waals surface area (Å²) in [4.78, 5) is 58.2. The van der Waals surface area contributed by atoms with Crippen molar-refractivity contribution in [3.8, 4) is 22.8 Å². The molecule has 3 aliphatic rings. The van der Waals surface area contributed by atoms with Gasteiger partial charge in [0.25, 0.3) is 0 Å². The minimum atomic E-state index is -1.43. The second-order valence-electron chi connectivity index (χ2n) is 12.1. The molecule has 46 heavy (non-hydrogen) atoms. The van der Waals surface area contributed by atoms with Crippen molar-refractivity contribution in [2.24, 2.45) is 5.92 Å². The van der Waals surface area contributed by atoms with E-state index in [4.69, 9.17) is 22.3 Å². The predicted octanol–water partition coefficient (Wildman–Crippen LogP) is 3.60. The van der Waals surface area contributed by atoms with Gasteiger partial charge < -0.3 is 30.1 Å². The molecule has 3 N–H and O–H groups in total. The molecule has 6 rings (SSSR count). The summed E-state index contributed by atoms with van der Waals surface area (Å²) in [5.41, 5.74) is 0.760. The van der Waals surface area contributed by atoms with Gasteiger partial charge in [-0.3, -0.25) is 14.4 Å². The highest BCUT2D eigenvalue weighted by molar-refractivity contribution is 6.57. The number of nitrogens with zero attached hydrogens (tertiary/aromatic N) is 2. The van der Waals surface area contributed by atoms with Gasteiger partial charge in [0.1, 0.15) is 35.2 Å². The van der Waals surface area contributed by atoms with Crippen LogP contribution in [0.25, 0.3) is 22.2 Å². The number of allylic oxidation sites excluding steroid dienone is 1. The van der Waals surface area contributed by atoms with Gasteiger partial charge in [-0.25, -0.2) is 9.78 Å². The molecule has 5 atom stereocenters. The van der Waals surface area contributed by atoms with Crippen LogP contribution in [-0.4, -0.2) is 83.8 Å². The third-order valence-corrected chi connectivity index (χ3v) is 9.03. The lowest BCUT2D eigenvalue weighted by Crippen LogP contribution is -2.56. The van der Waals surface area contributed by atoms with Crippen molar-refractivity contribution in [2.75, 3.05) is 13.7 Å². The molecule has 3 aromatic rings. The SMILES string of the molecule is [B]C(=O)N[C@H]1CCCC/C=C\C2C[C@@]2(C(=O)O)NC(=O)[C@@H]2C[C@@H](Oc3cc(-c4ccccc4)nc4cc(OC)ccc34)CN2C1=O. The number of benzene rings is 2. The first-order valence-corrected chi connectivity index (χ1v) is 15.5. The number of pyridine rings is 1. The van der Waals surface area contributed by atoms with Crippen LogP contribution >= 0.6 is 0 Å². The van der Waals surface area contributed by atoms with Crippen LogP contribution in [0.15, 0.2) is 66.7 Å². The fourth-order valence-corrected chi connectivity index (χ4v) is 6.48. The molecule has 2 aliphatic heterocycles. The Morgan fingerprint density at radius 1 is 1.13 bits per heavy atom. The van der Waals surface area contributed by atoms with Crippen molar-refractivity contribution < 1.29 is 33.8 Å². The standard InChI is InChI=1S/C34H35BN4O7/c1-45-22-13-14-24-27(15-22)36-26(20-9-5-4-6-10-20)17-29(24)46-23-16-28-30(40)38-34(32(42)43)18-21(34)11-7-2-3-8-12-25(37-33(35)44)31(41)39(28)19-23/h4-7,9-11,13-15,17,21,23,25,28H,2-3,8,12,16,18-19H2,1H3,(H,37,44)(H,38,40)(H,42,43)/b11-7-/t21?,23-,25+,28+,34-/m1/s1. The van der Waals surface area contributed by atoms with Crippen molar-refractivity contribution in [3.05, 3.63) is 66.7 Å². The second kappa shape index (κ2) is 12.9. The largest absolute Gasteiger partial charge is 0.497 e. The first-order valence-electron chi connectivity index (χ1n) is 15.5. The molecule has 3 amide bonds. The number of methoxy groups -OCH3 is 1. The van der Waals surface area contributed by atoms with E-state index in [2.05, 4.69) is 10.6 Å². The Hall–Kier alpha value is -4.87. The number of carboxylic acid groups (broad SMARTS) is 1. The Kier molecular flexibility index (Phi) is 8.70. The van der Waals surface area contributed by atoms with Gasteiger partial charge in [-0.1, -0.05) is 48.9 Å². The van der Waals surface area contributed by atoms with Crippen molar-refractivity contribution in [2.45, 2.75) is 62.3 Å². The van der Waals surface area contributed by atoms with Crippen LogP contribution in [0.1, 0.15) is 38.5 Å². The number of carbonyl (C=O) groups is 4. The average Bonchev–Trinajstić information content (AvgIpc) is 3.58. The number of rotatable bonds is 6. The van der Waals surface area contributed by atoms with Crippen LogP contribution in [0.2, 0.25) is 0 Å². The third kappa shape index (κ3) is 6.29. The predicted molar refractivity (Wildman–Crippen MR) is 171 cm³/mol. The molecular formula is C34H35BN4O7. The van der Waals surface area contributed by atoms with E-state index in [0.717, 1.165) is 17.4 Å². The monoisotopic (exact) mass is 622 g/mol. The van der Waals surface area contributed by atoms with Crippen LogP contribution in [0.3, 0.4) is 0 Å². The highest BCUT2D eigenvalue weighted by atomic mass is 16.5. The molecule has 1 saturated heterocycles. The summed E-state index contributed by atoms with van der Waals surface area (Å²) in [5, 5.41) is 16.1.